The topological polar surface area (TPSA) is 63.6 Å². The number of hydrogen-bond donors (Lipinski definition) is 1. The highest BCUT2D eigenvalue weighted by atomic mass is 16.5. The zero-order valence-electron chi connectivity index (χ0n) is 13.4. The number of rotatable bonds is 4. The lowest BCUT2D eigenvalue weighted by Gasteiger charge is -2.36. The van der Waals surface area contributed by atoms with Crippen molar-refractivity contribution in [3.63, 3.8) is 0 Å². The number of carbonyl (C=O) groups is 2. The molecule has 0 heterocycles. The second kappa shape index (κ2) is 6.95. The number of esters is 1. The Balaban J connectivity index is 2.18. The number of carboxylic acid groups (broad SMARTS) is 1. The first-order valence-electron chi connectivity index (χ1n) is 7.93. The van der Waals surface area contributed by atoms with E-state index in [4.69, 9.17) is 4.74 Å². The van der Waals surface area contributed by atoms with Crippen molar-refractivity contribution in [2.24, 2.45) is 17.8 Å². The molecule has 0 radical (unpaired) electrons. The third-order valence-electron chi connectivity index (χ3n) is 4.60. The van der Waals surface area contributed by atoms with Crippen LogP contribution in [0.5, 0.6) is 0 Å². The summed E-state index contributed by atoms with van der Waals surface area (Å²) in [5, 5.41) is 9.19. The molecule has 1 aliphatic rings. The minimum absolute atomic E-state index is 0.00236. The second-order valence-electron chi connectivity index (χ2n) is 6.62. The molecule has 0 amide bonds. The molecule has 1 N–H and O–H groups in total. The highest BCUT2D eigenvalue weighted by molar-refractivity contribution is 6.02. The van der Waals surface area contributed by atoms with E-state index < -0.39 is 11.9 Å². The van der Waals surface area contributed by atoms with E-state index in [9.17, 15) is 14.7 Å². The smallest absolute Gasteiger partial charge is 0.339 e. The minimum Gasteiger partial charge on any atom is -0.478 e. The van der Waals surface area contributed by atoms with Crippen LogP contribution in [0.3, 0.4) is 0 Å². The molecule has 0 aliphatic heterocycles. The summed E-state index contributed by atoms with van der Waals surface area (Å²) in [5.74, 6) is -0.313. The van der Waals surface area contributed by atoms with Crippen LogP contribution in [0.25, 0.3) is 0 Å². The summed E-state index contributed by atoms with van der Waals surface area (Å²) in [6, 6.07) is 6.22. The van der Waals surface area contributed by atoms with E-state index in [0.29, 0.717) is 17.8 Å². The van der Waals surface area contributed by atoms with Gasteiger partial charge in [-0.25, -0.2) is 9.59 Å². The van der Waals surface area contributed by atoms with Gasteiger partial charge in [0.2, 0.25) is 0 Å². The van der Waals surface area contributed by atoms with Crippen molar-refractivity contribution in [2.75, 3.05) is 0 Å². The van der Waals surface area contributed by atoms with Gasteiger partial charge in [0.25, 0.3) is 0 Å². The quantitative estimate of drug-likeness (QED) is 0.854. The molecular formula is C18H24O4. The Labute approximate surface area is 131 Å². The molecule has 22 heavy (non-hydrogen) atoms. The maximum absolute atomic E-state index is 12.4. The van der Waals surface area contributed by atoms with Crippen LogP contribution in [0.1, 0.15) is 60.7 Å². The van der Waals surface area contributed by atoms with Crippen LogP contribution in [-0.4, -0.2) is 23.1 Å². The third-order valence-corrected chi connectivity index (χ3v) is 4.60. The standard InChI is InChI=1S/C18H24O4/c1-11(2)13-9-8-12(3)10-16(13)22-18(21)15-7-5-4-6-14(15)17(19)20/h4-7,11-13,16H,8-10H2,1-3H3,(H,19,20)/t12-,13-,16-/m0/s1. The van der Waals surface area contributed by atoms with E-state index in [1.807, 2.05) is 0 Å². The van der Waals surface area contributed by atoms with E-state index >= 15 is 0 Å². The number of benzene rings is 1. The number of carbonyl (C=O) groups excluding carboxylic acids is 1. The van der Waals surface area contributed by atoms with Gasteiger partial charge in [-0.3, -0.25) is 0 Å². The molecule has 0 saturated heterocycles. The first kappa shape index (κ1) is 16.5. The molecule has 0 unspecified atom stereocenters. The Morgan fingerprint density at radius 1 is 1.18 bits per heavy atom. The van der Waals surface area contributed by atoms with E-state index in [2.05, 4.69) is 20.8 Å². The molecule has 0 aromatic heterocycles. The predicted molar refractivity (Wildman–Crippen MR) is 83.9 cm³/mol. The van der Waals surface area contributed by atoms with E-state index in [1.165, 1.54) is 12.1 Å². The van der Waals surface area contributed by atoms with Crippen molar-refractivity contribution < 1.29 is 19.4 Å². The summed E-state index contributed by atoms with van der Waals surface area (Å²) in [7, 11) is 0. The van der Waals surface area contributed by atoms with Crippen LogP contribution < -0.4 is 0 Å². The summed E-state index contributed by atoms with van der Waals surface area (Å²) in [6.07, 6.45) is 2.93. The van der Waals surface area contributed by atoms with Gasteiger partial charge in [0, 0.05) is 0 Å². The molecule has 120 valence electrons. The Morgan fingerprint density at radius 3 is 2.41 bits per heavy atom. The molecule has 1 saturated carbocycles. The molecule has 1 aliphatic carbocycles. The lowest BCUT2D eigenvalue weighted by atomic mass is 9.75. The van der Waals surface area contributed by atoms with Crippen LogP contribution in [0.15, 0.2) is 24.3 Å². The molecule has 1 aromatic rings. The van der Waals surface area contributed by atoms with Gasteiger partial charge in [0.15, 0.2) is 0 Å². The van der Waals surface area contributed by atoms with E-state index in [1.54, 1.807) is 12.1 Å². The SMILES string of the molecule is CC(C)[C@@H]1CC[C@H](C)C[C@@H]1OC(=O)c1ccccc1C(=O)O. The second-order valence-corrected chi connectivity index (χ2v) is 6.62. The maximum Gasteiger partial charge on any atom is 0.339 e. The third kappa shape index (κ3) is 3.67. The van der Waals surface area contributed by atoms with Gasteiger partial charge in [-0.15, -0.1) is 0 Å². The fourth-order valence-electron chi connectivity index (χ4n) is 3.30. The highest BCUT2D eigenvalue weighted by Gasteiger charge is 2.34. The fourth-order valence-corrected chi connectivity index (χ4v) is 3.30. The normalized spacial score (nSPS) is 25.0. The lowest BCUT2D eigenvalue weighted by Crippen LogP contribution is -2.36. The molecule has 4 heteroatoms. The van der Waals surface area contributed by atoms with Gasteiger partial charge < -0.3 is 9.84 Å². The minimum atomic E-state index is -1.11. The summed E-state index contributed by atoms with van der Waals surface area (Å²) in [4.78, 5) is 23.7. The molecule has 3 atom stereocenters. The molecule has 2 rings (SSSR count). The van der Waals surface area contributed by atoms with Gasteiger partial charge in [0.05, 0.1) is 11.1 Å². The van der Waals surface area contributed by atoms with Crippen molar-refractivity contribution >= 4 is 11.9 Å². The van der Waals surface area contributed by atoms with Crippen LogP contribution in [-0.2, 0) is 4.74 Å². The van der Waals surface area contributed by atoms with Gasteiger partial charge in [0.1, 0.15) is 6.10 Å². The summed E-state index contributed by atoms with van der Waals surface area (Å²) < 4.78 is 5.71. The zero-order valence-corrected chi connectivity index (χ0v) is 13.4. The van der Waals surface area contributed by atoms with Gasteiger partial charge in [-0.05, 0) is 42.7 Å². The Kier molecular flexibility index (Phi) is 5.22. The molecule has 0 bridgehead atoms. The highest BCUT2D eigenvalue weighted by Crippen LogP contribution is 2.35. The molecule has 0 spiro atoms. The first-order chi connectivity index (χ1) is 10.4. The number of hydrogen-bond acceptors (Lipinski definition) is 3. The van der Waals surface area contributed by atoms with Gasteiger partial charge in [-0.2, -0.15) is 0 Å². The summed E-state index contributed by atoms with van der Waals surface area (Å²) in [5.41, 5.74) is 0.133. The summed E-state index contributed by atoms with van der Waals surface area (Å²) in [6.45, 7) is 6.46. The molecule has 1 fully saturated rings. The zero-order chi connectivity index (χ0) is 16.3. The number of carboxylic acids is 1. The largest absolute Gasteiger partial charge is 0.478 e. The average molecular weight is 304 g/mol. The predicted octanol–water partition coefficient (Wildman–Crippen LogP) is 4.00. The number of aromatic carboxylic acids is 1. The Hall–Kier alpha value is -1.84. The van der Waals surface area contributed by atoms with E-state index in [-0.39, 0.29) is 17.2 Å². The van der Waals surface area contributed by atoms with Crippen molar-refractivity contribution in [3.05, 3.63) is 35.4 Å². The van der Waals surface area contributed by atoms with Crippen molar-refractivity contribution in [2.45, 2.75) is 46.1 Å². The molecular weight excluding hydrogens is 280 g/mol. The fraction of sp³-hybridized carbons (Fsp3) is 0.556. The van der Waals surface area contributed by atoms with Crippen molar-refractivity contribution in [1.29, 1.82) is 0 Å². The molecule has 4 nitrogen and oxygen atoms in total. The Morgan fingerprint density at radius 2 is 1.82 bits per heavy atom. The van der Waals surface area contributed by atoms with Crippen molar-refractivity contribution in [3.8, 4) is 0 Å². The van der Waals surface area contributed by atoms with E-state index in [0.717, 1.165) is 19.3 Å². The van der Waals surface area contributed by atoms with Gasteiger partial charge >= 0.3 is 11.9 Å². The van der Waals surface area contributed by atoms with Crippen LogP contribution in [0.2, 0.25) is 0 Å². The van der Waals surface area contributed by atoms with Crippen LogP contribution in [0, 0.1) is 17.8 Å². The van der Waals surface area contributed by atoms with Crippen molar-refractivity contribution in [1.82, 2.24) is 0 Å². The van der Waals surface area contributed by atoms with Crippen LogP contribution in [0.4, 0.5) is 0 Å². The van der Waals surface area contributed by atoms with Crippen LogP contribution >= 0.6 is 0 Å². The lowest BCUT2D eigenvalue weighted by molar-refractivity contribution is -0.0176. The first-order valence-corrected chi connectivity index (χ1v) is 7.93. The molecule has 1 aromatic carbocycles. The summed E-state index contributed by atoms with van der Waals surface area (Å²) >= 11 is 0. The average Bonchev–Trinajstić information content (AvgIpc) is 2.46. The maximum atomic E-state index is 12.4. The number of ether oxygens (including phenoxy) is 1. The van der Waals surface area contributed by atoms with Gasteiger partial charge in [-0.1, -0.05) is 39.3 Å². The monoisotopic (exact) mass is 304 g/mol. The Bertz CT molecular complexity index is 550.